The SMILES string of the molecule is CC/C=C\C/C=C\C/C=C\C/C=C\C/C=C\CCCCCC(=O)OCC(COCCCCCCC/C=C\C/C=C\C/C=C\C/C=C\CC)OC(=O)CCCCCCCCCCCCCCCCCCCCC. The van der Waals surface area contributed by atoms with Crippen LogP contribution in [0.25, 0.3) is 0 Å². The Morgan fingerprint density at radius 3 is 1.01 bits per heavy atom. The van der Waals surface area contributed by atoms with E-state index < -0.39 is 6.10 Å². The second-order valence-corrected chi connectivity index (χ2v) is 19.8. The highest BCUT2D eigenvalue weighted by Gasteiger charge is 2.17. The first kappa shape index (κ1) is 68.6. The van der Waals surface area contributed by atoms with Gasteiger partial charge < -0.3 is 14.2 Å². The molecule has 0 heterocycles. The molecular formula is C67H114O5. The molecule has 0 bridgehead atoms. The highest BCUT2D eigenvalue weighted by Crippen LogP contribution is 2.16. The van der Waals surface area contributed by atoms with Crippen LogP contribution in [0.5, 0.6) is 0 Å². The quantitative estimate of drug-likeness (QED) is 0.0345. The average molecular weight is 1000 g/mol. The van der Waals surface area contributed by atoms with Gasteiger partial charge in [0.1, 0.15) is 6.61 Å². The van der Waals surface area contributed by atoms with E-state index in [1.165, 1.54) is 128 Å². The molecule has 0 rings (SSSR count). The first-order valence-electron chi connectivity index (χ1n) is 30.4. The number of ether oxygens (including phenoxy) is 3. The summed E-state index contributed by atoms with van der Waals surface area (Å²) in [6, 6.07) is 0. The van der Waals surface area contributed by atoms with Gasteiger partial charge in [0.05, 0.1) is 6.61 Å². The summed E-state index contributed by atoms with van der Waals surface area (Å²) >= 11 is 0. The molecule has 0 aliphatic rings. The predicted molar refractivity (Wildman–Crippen MR) is 316 cm³/mol. The lowest BCUT2D eigenvalue weighted by Gasteiger charge is -2.18. The van der Waals surface area contributed by atoms with Gasteiger partial charge in [-0.15, -0.1) is 0 Å². The minimum Gasteiger partial charge on any atom is -0.462 e. The van der Waals surface area contributed by atoms with Crippen LogP contribution in [-0.4, -0.2) is 37.9 Å². The van der Waals surface area contributed by atoms with Crippen molar-refractivity contribution in [3.05, 3.63) is 109 Å². The molecule has 0 amide bonds. The Balaban J connectivity index is 4.37. The fraction of sp³-hybridized carbons (Fsp3) is 0.701. The van der Waals surface area contributed by atoms with E-state index in [1.54, 1.807) is 0 Å². The van der Waals surface area contributed by atoms with Crippen molar-refractivity contribution in [2.45, 2.75) is 284 Å². The van der Waals surface area contributed by atoms with E-state index in [4.69, 9.17) is 14.2 Å². The summed E-state index contributed by atoms with van der Waals surface area (Å²) in [6.07, 6.45) is 85.5. The van der Waals surface area contributed by atoms with E-state index >= 15 is 0 Å². The Kier molecular flexibility index (Phi) is 58.9. The van der Waals surface area contributed by atoms with Crippen molar-refractivity contribution in [2.24, 2.45) is 0 Å². The lowest BCUT2D eigenvalue weighted by Crippen LogP contribution is -2.30. The molecule has 5 heteroatoms. The molecule has 1 unspecified atom stereocenters. The van der Waals surface area contributed by atoms with E-state index in [1.807, 2.05) is 0 Å². The third kappa shape index (κ3) is 59.1. The van der Waals surface area contributed by atoms with Crippen molar-refractivity contribution < 1.29 is 23.8 Å². The first-order valence-corrected chi connectivity index (χ1v) is 30.4. The summed E-state index contributed by atoms with van der Waals surface area (Å²) in [5.74, 6) is -0.440. The van der Waals surface area contributed by atoms with Crippen molar-refractivity contribution in [2.75, 3.05) is 19.8 Å². The molecule has 0 aromatic heterocycles. The zero-order chi connectivity index (χ0) is 52.0. The minimum atomic E-state index is -0.567. The molecule has 1 atom stereocenters. The third-order valence-electron chi connectivity index (χ3n) is 12.8. The van der Waals surface area contributed by atoms with Crippen molar-refractivity contribution in [3.63, 3.8) is 0 Å². The first-order chi connectivity index (χ1) is 35.6. The largest absolute Gasteiger partial charge is 0.462 e. The van der Waals surface area contributed by atoms with Gasteiger partial charge in [-0.05, 0) is 103 Å². The van der Waals surface area contributed by atoms with Gasteiger partial charge in [0.2, 0.25) is 0 Å². The molecule has 0 fully saturated rings. The third-order valence-corrected chi connectivity index (χ3v) is 12.8. The summed E-state index contributed by atoms with van der Waals surface area (Å²) < 4.78 is 17.5. The van der Waals surface area contributed by atoms with Gasteiger partial charge in [0.25, 0.3) is 0 Å². The Hall–Kier alpha value is -3.44. The molecule has 0 aliphatic carbocycles. The van der Waals surface area contributed by atoms with Crippen molar-refractivity contribution in [1.82, 2.24) is 0 Å². The Morgan fingerprint density at radius 1 is 0.319 bits per heavy atom. The topological polar surface area (TPSA) is 61.8 Å². The molecule has 0 saturated heterocycles. The molecule has 0 aromatic carbocycles. The monoisotopic (exact) mass is 999 g/mol. The number of carbonyl (C=O) groups is 2. The smallest absolute Gasteiger partial charge is 0.306 e. The standard InChI is InChI=1S/C67H114O5/c1-4-7-10-13-16-19-22-25-28-31-34-36-39-42-45-48-51-54-57-60-66(68)71-64-65(63-70-62-59-56-53-50-47-44-41-38-33-30-27-24-21-18-15-12-9-6-3)72-67(69)61-58-55-52-49-46-43-40-37-35-32-29-26-23-20-17-14-11-8-5-2/h7,9-10,12,16,18-19,21,25,27-28,30,34,36,38,41-42,45,65H,4-6,8,11,13-15,17,20,22-24,26,29,31-33,35,37,39-40,43-44,46-64H2,1-3H3/b10-7-,12-9-,19-16-,21-18-,28-25-,30-27-,36-34-,41-38-,45-42-. The van der Waals surface area contributed by atoms with E-state index in [0.29, 0.717) is 19.4 Å². The fourth-order valence-electron chi connectivity index (χ4n) is 8.35. The van der Waals surface area contributed by atoms with E-state index in [-0.39, 0.29) is 25.2 Å². The zero-order valence-corrected chi connectivity index (χ0v) is 47.4. The molecule has 412 valence electrons. The second-order valence-electron chi connectivity index (χ2n) is 19.8. The van der Waals surface area contributed by atoms with Crippen LogP contribution in [-0.2, 0) is 23.8 Å². The zero-order valence-electron chi connectivity index (χ0n) is 47.4. The lowest BCUT2D eigenvalue weighted by molar-refractivity contribution is -0.163. The van der Waals surface area contributed by atoms with Crippen molar-refractivity contribution in [1.29, 1.82) is 0 Å². The maximum atomic E-state index is 12.9. The van der Waals surface area contributed by atoms with E-state index in [9.17, 15) is 9.59 Å². The highest BCUT2D eigenvalue weighted by molar-refractivity contribution is 5.70. The minimum absolute atomic E-state index is 0.0566. The molecule has 0 saturated carbocycles. The summed E-state index contributed by atoms with van der Waals surface area (Å²) in [7, 11) is 0. The van der Waals surface area contributed by atoms with Gasteiger partial charge in [-0.2, -0.15) is 0 Å². The van der Waals surface area contributed by atoms with Crippen LogP contribution in [0.3, 0.4) is 0 Å². The van der Waals surface area contributed by atoms with Gasteiger partial charge in [0, 0.05) is 19.4 Å². The fourth-order valence-corrected chi connectivity index (χ4v) is 8.35. The van der Waals surface area contributed by atoms with Crippen LogP contribution < -0.4 is 0 Å². The summed E-state index contributed by atoms with van der Waals surface area (Å²) in [5.41, 5.74) is 0. The molecule has 0 N–H and O–H groups in total. The van der Waals surface area contributed by atoms with E-state index in [0.717, 1.165) is 116 Å². The summed E-state index contributed by atoms with van der Waals surface area (Å²) in [4.78, 5) is 25.6. The Labute approximate surface area is 446 Å². The molecular weight excluding hydrogens is 885 g/mol. The van der Waals surface area contributed by atoms with Gasteiger partial charge in [0.15, 0.2) is 6.10 Å². The van der Waals surface area contributed by atoms with Gasteiger partial charge in [-0.1, -0.05) is 271 Å². The number of carbonyl (C=O) groups excluding carboxylic acids is 2. The van der Waals surface area contributed by atoms with Crippen LogP contribution in [0.2, 0.25) is 0 Å². The number of allylic oxidation sites excluding steroid dienone is 18. The predicted octanol–water partition coefficient (Wildman–Crippen LogP) is 21.1. The number of esters is 2. The summed E-state index contributed by atoms with van der Waals surface area (Å²) in [6.45, 7) is 7.55. The summed E-state index contributed by atoms with van der Waals surface area (Å²) in [5, 5.41) is 0. The van der Waals surface area contributed by atoms with Crippen LogP contribution in [0, 0.1) is 0 Å². The maximum absolute atomic E-state index is 12.9. The maximum Gasteiger partial charge on any atom is 0.306 e. The van der Waals surface area contributed by atoms with Gasteiger partial charge in [-0.25, -0.2) is 0 Å². The van der Waals surface area contributed by atoms with Crippen LogP contribution in [0.4, 0.5) is 0 Å². The normalized spacial score (nSPS) is 13.0. The van der Waals surface area contributed by atoms with Gasteiger partial charge in [-0.3, -0.25) is 9.59 Å². The molecule has 72 heavy (non-hydrogen) atoms. The number of unbranched alkanes of at least 4 members (excludes halogenated alkanes) is 26. The lowest BCUT2D eigenvalue weighted by atomic mass is 10.0. The Morgan fingerprint density at radius 2 is 0.625 bits per heavy atom. The van der Waals surface area contributed by atoms with Crippen molar-refractivity contribution >= 4 is 11.9 Å². The highest BCUT2D eigenvalue weighted by atomic mass is 16.6. The number of hydrogen-bond donors (Lipinski definition) is 0. The number of rotatable bonds is 55. The van der Waals surface area contributed by atoms with E-state index in [2.05, 4.69) is 130 Å². The molecule has 5 nitrogen and oxygen atoms in total. The van der Waals surface area contributed by atoms with Crippen LogP contribution >= 0.6 is 0 Å². The molecule has 0 radical (unpaired) electrons. The van der Waals surface area contributed by atoms with Gasteiger partial charge >= 0.3 is 11.9 Å². The molecule has 0 aliphatic heterocycles. The molecule has 0 spiro atoms. The average Bonchev–Trinajstić information content (AvgIpc) is 3.38. The van der Waals surface area contributed by atoms with Crippen LogP contribution in [0.15, 0.2) is 109 Å². The number of hydrogen-bond acceptors (Lipinski definition) is 5. The Bertz CT molecular complexity index is 1410. The van der Waals surface area contributed by atoms with Crippen LogP contribution in [0.1, 0.15) is 278 Å². The van der Waals surface area contributed by atoms with Crippen molar-refractivity contribution in [3.8, 4) is 0 Å². The second kappa shape index (κ2) is 61.9. The molecule has 0 aromatic rings.